The summed E-state index contributed by atoms with van der Waals surface area (Å²) in [6, 6.07) is 14.4. The molecule has 0 aliphatic carbocycles. The number of carbonyl (C=O) groups is 2. The maximum Gasteiger partial charge on any atom is 0.256 e. The first-order valence-corrected chi connectivity index (χ1v) is 11.5. The summed E-state index contributed by atoms with van der Waals surface area (Å²) in [5.41, 5.74) is 4.86. The van der Waals surface area contributed by atoms with E-state index in [9.17, 15) is 9.59 Å². The first kappa shape index (κ1) is 21.1. The molecule has 1 unspecified atom stereocenters. The first-order valence-electron chi connectivity index (χ1n) is 11.5. The van der Waals surface area contributed by atoms with Gasteiger partial charge in [-0.2, -0.15) is 0 Å². The molecule has 0 saturated carbocycles. The Bertz CT molecular complexity index is 1010. The molecule has 32 heavy (non-hydrogen) atoms. The van der Waals surface area contributed by atoms with Gasteiger partial charge in [-0.05, 0) is 48.6 Å². The highest BCUT2D eigenvalue weighted by Crippen LogP contribution is 2.40. The van der Waals surface area contributed by atoms with Crippen LogP contribution in [0.5, 0.6) is 0 Å². The Hall–Kier alpha value is -2.74. The Kier molecular flexibility index (Phi) is 5.71. The topological polar surface area (TPSA) is 73.9 Å². The molecule has 3 aliphatic rings. The number of amides is 2. The number of nitrogens with zero attached hydrogens (tertiary/aromatic N) is 2. The zero-order valence-corrected chi connectivity index (χ0v) is 18.6. The summed E-state index contributed by atoms with van der Waals surface area (Å²) >= 11 is 0. The summed E-state index contributed by atoms with van der Waals surface area (Å²) in [7, 11) is 0. The van der Waals surface area contributed by atoms with Crippen molar-refractivity contribution in [3.8, 4) is 11.1 Å². The monoisotopic (exact) mass is 434 g/mol. The van der Waals surface area contributed by atoms with Crippen LogP contribution in [0.25, 0.3) is 11.1 Å². The van der Waals surface area contributed by atoms with Crippen molar-refractivity contribution in [1.29, 1.82) is 0 Å². The van der Waals surface area contributed by atoms with Gasteiger partial charge >= 0.3 is 0 Å². The van der Waals surface area contributed by atoms with Gasteiger partial charge in [-0.3, -0.25) is 20.2 Å². The summed E-state index contributed by atoms with van der Waals surface area (Å²) in [6.07, 6.45) is 1.45. The number of rotatable bonds is 3. The number of carbonyl (C=O) groups excluding carboxylic acids is 2. The molecule has 2 aromatic rings. The Morgan fingerprint density at radius 2 is 1.72 bits per heavy atom. The summed E-state index contributed by atoms with van der Waals surface area (Å²) in [4.78, 5) is 29.3. The molecule has 3 heterocycles. The van der Waals surface area contributed by atoms with Gasteiger partial charge in [0, 0.05) is 33.2 Å². The van der Waals surface area contributed by atoms with E-state index >= 15 is 0 Å². The third kappa shape index (κ3) is 3.81. The number of anilines is 2. The molecule has 2 fully saturated rings. The van der Waals surface area contributed by atoms with E-state index < -0.39 is 6.10 Å². The fourth-order valence-electron chi connectivity index (χ4n) is 5.05. The molecule has 0 spiro atoms. The average molecular weight is 435 g/mol. The third-order valence-corrected chi connectivity index (χ3v) is 6.62. The Morgan fingerprint density at radius 3 is 2.38 bits per heavy atom. The minimum absolute atomic E-state index is 0.00955. The van der Waals surface area contributed by atoms with Gasteiger partial charge in [-0.1, -0.05) is 30.3 Å². The molecule has 0 aromatic heterocycles. The molecular formula is C25H30N4O3. The molecule has 2 amide bonds. The molecule has 7 nitrogen and oxygen atoms in total. The van der Waals surface area contributed by atoms with Crippen molar-refractivity contribution in [2.45, 2.75) is 45.0 Å². The quantitative estimate of drug-likeness (QED) is 0.777. The second kappa shape index (κ2) is 8.65. The summed E-state index contributed by atoms with van der Waals surface area (Å²) in [6.45, 7) is 6.59. The Morgan fingerprint density at radius 1 is 1.00 bits per heavy atom. The second-order valence-electron chi connectivity index (χ2n) is 8.86. The molecule has 2 atom stereocenters. The van der Waals surface area contributed by atoms with E-state index in [-0.39, 0.29) is 24.0 Å². The zero-order chi connectivity index (χ0) is 22.2. The molecule has 5 rings (SSSR count). The smallest absolute Gasteiger partial charge is 0.256 e. The van der Waals surface area contributed by atoms with Gasteiger partial charge in [0.25, 0.3) is 5.91 Å². The Labute approximate surface area is 188 Å². The van der Waals surface area contributed by atoms with Gasteiger partial charge in [0.05, 0.1) is 23.6 Å². The van der Waals surface area contributed by atoms with Gasteiger partial charge in [-0.25, -0.2) is 0 Å². The van der Waals surface area contributed by atoms with E-state index in [0.29, 0.717) is 13.2 Å². The zero-order valence-electron chi connectivity index (χ0n) is 18.6. The number of ether oxygens (including phenoxy) is 1. The van der Waals surface area contributed by atoms with E-state index in [1.54, 1.807) is 11.8 Å². The van der Waals surface area contributed by atoms with Gasteiger partial charge < -0.3 is 14.5 Å². The highest BCUT2D eigenvalue weighted by atomic mass is 16.5. The molecule has 2 saturated heterocycles. The Balaban J connectivity index is 1.51. The molecule has 168 valence electrons. The normalized spacial score (nSPS) is 23.4. The number of fused-ring (bicyclic) bond motifs is 1. The van der Waals surface area contributed by atoms with Crippen LogP contribution < -0.4 is 20.4 Å². The third-order valence-electron chi connectivity index (χ3n) is 6.62. The van der Waals surface area contributed by atoms with Gasteiger partial charge in [0.1, 0.15) is 6.10 Å². The molecule has 2 N–H and O–H groups in total. The maximum absolute atomic E-state index is 13.3. The second-order valence-corrected chi connectivity index (χ2v) is 8.86. The highest BCUT2D eigenvalue weighted by molar-refractivity contribution is 6.06. The number of hydrogen-bond donors (Lipinski definition) is 2. The van der Waals surface area contributed by atoms with Crippen LogP contribution >= 0.6 is 0 Å². The van der Waals surface area contributed by atoms with Crippen molar-refractivity contribution in [3.63, 3.8) is 0 Å². The summed E-state index contributed by atoms with van der Waals surface area (Å²) in [5.74, 6) is -0.0266. The minimum atomic E-state index is -0.395. The fraction of sp³-hybridized carbons (Fsp3) is 0.440. The standard InChI is InChI=1S/C25H30N4O3/c1-16-15-28(25(31)23-4-3-13-32-23)22-14-20(9-10-21(22)29(16)17(2)30)18-5-7-19(8-6-18)24-26-11-12-27-24/h5-10,14,16,23-24,26-27H,3-4,11-13,15H2,1-2H3/t16-,23?/m0/s1. The largest absolute Gasteiger partial charge is 0.368 e. The van der Waals surface area contributed by atoms with Crippen molar-refractivity contribution in [2.24, 2.45) is 0 Å². The molecular weight excluding hydrogens is 404 g/mol. The lowest BCUT2D eigenvalue weighted by molar-refractivity contribution is -0.127. The molecule has 3 aliphatic heterocycles. The van der Waals surface area contributed by atoms with Crippen LogP contribution in [0.15, 0.2) is 42.5 Å². The van der Waals surface area contributed by atoms with Crippen LogP contribution in [0, 0.1) is 0 Å². The number of benzene rings is 2. The van der Waals surface area contributed by atoms with Crippen LogP contribution in [0.2, 0.25) is 0 Å². The van der Waals surface area contributed by atoms with E-state index in [4.69, 9.17) is 4.74 Å². The van der Waals surface area contributed by atoms with Crippen molar-refractivity contribution in [2.75, 3.05) is 36.0 Å². The van der Waals surface area contributed by atoms with Crippen molar-refractivity contribution < 1.29 is 14.3 Å². The van der Waals surface area contributed by atoms with Crippen LogP contribution in [-0.4, -0.2) is 50.2 Å². The minimum Gasteiger partial charge on any atom is -0.368 e. The average Bonchev–Trinajstić information content (AvgIpc) is 3.52. The highest BCUT2D eigenvalue weighted by Gasteiger charge is 2.37. The number of nitrogens with one attached hydrogen (secondary N) is 2. The van der Waals surface area contributed by atoms with Crippen molar-refractivity contribution >= 4 is 23.2 Å². The lowest BCUT2D eigenvalue weighted by Crippen LogP contribution is -2.53. The van der Waals surface area contributed by atoms with Crippen LogP contribution in [0.1, 0.15) is 38.4 Å². The van der Waals surface area contributed by atoms with E-state index in [1.807, 2.05) is 30.0 Å². The lowest BCUT2D eigenvalue weighted by atomic mass is 9.99. The summed E-state index contributed by atoms with van der Waals surface area (Å²) < 4.78 is 5.69. The predicted molar refractivity (Wildman–Crippen MR) is 125 cm³/mol. The summed E-state index contributed by atoms with van der Waals surface area (Å²) in [5, 5.41) is 6.87. The number of hydrogen-bond acceptors (Lipinski definition) is 5. The van der Waals surface area contributed by atoms with Gasteiger partial charge in [0.2, 0.25) is 5.91 Å². The van der Waals surface area contributed by atoms with Crippen molar-refractivity contribution in [3.05, 3.63) is 48.0 Å². The van der Waals surface area contributed by atoms with Crippen LogP contribution in [0.3, 0.4) is 0 Å². The van der Waals surface area contributed by atoms with Gasteiger partial charge in [-0.15, -0.1) is 0 Å². The molecule has 0 bridgehead atoms. The lowest BCUT2D eigenvalue weighted by Gasteiger charge is -2.41. The first-order chi connectivity index (χ1) is 15.5. The van der Waals surface area contributed by atoms with Crippen LogP contribution in [-0.2, 0) is 14.3 Å². The SMILES string of the molecule is CC(=O)N1c2ccc(-c3ccc(C4NCCN4)cc3)cc2N(C(=O)C2CCCO2)C[C@@H]1C. The van der Waals surface area contributed by atoms with E-state index in [2.05, 4.69) is 34.9 Å². The predicted octanol–water partition coefficient (Wildman–Crippen LogP) is 2.81. The van der Waals surface area contributed by atoms with E-state index in [1.165, 1.54) is 5.56 Å². The fourth-order valence-corrected chi connectivity index (χ4v) is 5.05. The molecule has 2 aromatic carbocycles. The molecule has 0 radical (unpaired) electrons. The molecule has 7 heteroatoms. The van der Waals surface area contributed by atoms with Crippen LogP contribution in [0.4, 0.5) is 11.4 Å². The van der Waals surface area contributed by atoms with Gasteiger partial charge in [0.15, 0.2) is 0 Å². The van der Waals surface area contributed by atoms with Crippen molar-refractivity contribution in [1.82, 2.24) is 10.6 Å². The van der Waals surface area contributed by atoms with E-state index in [0.717, 1.165) is 48.4 Å². The maximum atomic E-state index is 13.3.